The Hall–Kier alpha value is -0.780. The minimum Gasteiger partial charge on any atom is -0.390 e. The minimum atomic E-state index is -0.483. The highest BCUT2D eigenvalue weighted by atomic mass is 35.5. The fourth-order valence-electron chi connectivity index (χ4n) is 3.65. The summed E-state index contributed by atoms with van der Waals surface area (Å²) in [5.41, 5.74) is 6.05. The van der Waals surface area contributed by atoms with Crippen molar-refractivity contribution in [2.24, 2.45) is 0 Å². The summed E-state index contributed by atoms with van der Waals surface area (Å²) >= 11 is 12.3. The van der Waals surface area contributed by atoms with Crippen molar-refractivity contribution in [2.75, 3.05) is 7.11 Å². The molecule has 4 atom stereocenters. The van der Waals surface area contributed by atoms with E-state index < -0.39 is 6.10 Å². The minimum absolute atomic E-state index is 0.0684. The number of nitrogens with one attached hydrogen (secondary N) is 1. The van der Waals surface area contributed by atoms with Gasteiger partial charge >= 0.3 is 0 Å². The van der Waals surface area contributed by atoms with Crippen LogP contribution in [0, 0.1) is 0 Å². The molecule has 2 aliphatic rings. The van der Waals surface area contributed by atoms with Crippen LogP contribution in [0.15, 0.2) is 29.5 Å². The Kier molecular flexibility index (Phi) is 5.19. The monoisotopic (exact) mass is 357 g/mol. The summed E-state index contributed by atoms with van der Waals surface area (Å²) in [6.07, 6.45) is 1.52. The molecule has 4 nitrogen and oxygen atoms in total. The number of allylic oxidation sites excluding steroid dienone is 1. The van der Waals surface area contributed by atoms with Crippen LogP contribution >= 0.6 is 23.2 Å². The fraction of sp³-hybridized carbons (Fsp3) is 0.529. The van der Waals surface area contributed by atoms with Crippen LogP contribution in [0.2, 0.25) is 10.0 Å². The maximum atomic E-state index is 10.4. The van der Waals surface area contributed by atoms with E-state index in [4.69, 9.17) is 32.8 Å². The van der Waals surface area contributed by atoms with E-state index in [0.717, 1.165) is 29.7 Å². The van der Waals surface area contributed by atoms with Gasteiger partial charge in [0.05, 0.1) is 29.4 Å². The Labute approximate surface area is 146 Å². The predicted molar refractivity (Wildman–Crippen MR) is 90.6 cm³/mol. The largest absolute Gasteiger partial charge is 0.390 e. The van der Waals surface area contributed by atoms with Crippen molar-refractivity contribution in [1.82, 2.24) is 5.48 Å². The number of hydrogen-bond donors (Lipinski definition) is 2. The number of ether oxygens (including phenoxy) is 1. The summed E-state index contributed by atoms with van der Waals surface area (Å²) in [6.45, 7) is 2.05. The number of rotatable bonds is 4. The normalized spacial score (nSPS) is 32.0. The smallest absolute Gasteiger partial charge is 0.107 e. The van der Waals surface area contributed by atoms with Crippen molar-refractivity contribution in [3.8, 4) is 0 Å². The Morgan fingerprint density at radius 2 is 2.13 bits per heavy atom. The third-order valence-electron chi connectivity index (χ3n) is 4.65. The van der Waals surface area contributed by atoms with E-state index in [1.54, 1.807) is 7.11 Å². The van der Waals surface area contributed by atoms with Crippen LogP contribution in [-0.2, 0) is 9.57 Å². The first-order valence-electron chi connectivity index (χ1n) is 7.85. The van der Waals surface area contributed by atoms with Gasteiger partial charge in [-0.05, 0) is 36.1 Å². The molecule has 0 spiro atoms. The standard InChI is InChI=1S/C17H21Cl2NO3/c1-3-14(20-22-2)16-11(7-10-8-15(21)17(16)23-10)9-4-5-12(18)13(19)6-9/h4-6,10-11,15,17,20-21H,3,7-8H2,1-2H3/t10?,11-,15?,17-/m0/s1. The van der Waals surface area contributed by atoms with E-state index in [-0.39, 0.29) is 18.1 Å². The van der Waals surface area contributed by atoms with Gasteiger partial charge in [0.25, 0.3) is 0 Å². The fourth-order valence-corrected chi connectivity index (χ4v) is 3.96. The molecule has 2 saturated heterocycles. The van der Waals surface area contributed by atoms with Crippen LogP contribution in [0.3, 0.4) is 0 Å². The number of halogens is 2. The third-order valence-corrected chi connectivity index (χ3v) is 5.39. The van der Waals surface area contributed by atoms with E-state index >= 15 is 0 Å². The molecule has 2 fully saturated rings. The second-order valence-electron chi connectivity index (χ2n) is 6.04. The van der Waals surface area contributed by atoms with Crippen LogP contribution in [0.4, 0.5) is 0 Å². The Morgan fingerprint density at radius 3 is 2.78 bits per heavy atom. The molecule has 6 heteroatoms. The molecule has 0 radical (unpaired) electrons. The number of fused-ring (bicyclic) bond motifs is 2. The van der Waals surface area contributed by atoms with Crippen molar-refractivity contribution in [1.29, 1.82) is 0 Å². The summed E-state index contributed by atoms with van der Waals surface area (Å²) in [7, 11) is 1.59. The van der Waals surface area contributed by atoms with Gasteiger partial charge in [-0.2, -0.15) is 0 Å². The molecule has 0 saturated carbocycles. The lowest BCUT2D eigenvalue weighted by Crippen LogP contribution is -2.34. The van der Waals surface area contributed by atoms with Gasteiger partial charge in [-0.25, -0.2) is 0 Å². The van der Waals surface area contributed by atoms with Gasteiger partial charge in [-0.3, -0.25) is 10.3 Å². The van der Waals surface area contributed by atoms with Crippen LogP contribution in [0.25, 0.3) is 0 Å². The molecule has 2 bridgehead atoms. The van der Waals surface area contributed by atoms with Gasteiger partial charge in [0.1, 0.15) is 6.10 Å². The molecule has 2 N–H and O–H groups in total. The lowest BCUT2D eigenvalue weighted by atomic mass is 9.82. The number of hydroxylamine groups is 1. The number of hydrogen-bond acceptors (Lipinski definition) is 4. The first-order valence-corrected chi connectivity index (χ1v) is 8.61. The summed E-state index contributed by atoms with van der Waals surface area (Å²) < 4.78 is 5.99. The number of aliphatic hydroxyl groups is 1. The van der Waals surface area contributed by atoms with E-state index in [0.29, 0.717) is 16.5 Å². The average molecular weight is 358 g/mol. The molecule has 23 heavy (non-hydrogen) atoms. The topological polar surface area (TPSA) is 50.7 Å². The van der Waals surface area contributed by atoms with E-state index in [1.165, 1.54) is 0 Å². The molecular formula is C17H21Cl2NO3. The van der Waals surface area contributed by atoms with Crippen molar-refractivity contribution in [3.05, 3.63) is 45.1 Å². The SMILES string of the molecule is CCC(NOC)=C1[C@H](c2ccc(Cl)c(Cl)c2)CC2CC(O)[C@@H]1O2. The van der Waals surface area contributed by atoms with Crippen molar-refractivity contribution < 1.29 is 14.7 Å². The van der Waals surface area contributed by atoms with E-state index in [2.05, 4.69) is 5.48 Å². The van der Waals surface area contributed by atoms with Crippen LogP contribution in [-0.4, -0.2) is 30.5 Å². The van der Waals surface area contributed by atoms with Crippen LogP contribution in [0.5, 0.6) is 0 Å². The van der Waals surface area contributed by atoms with Crippen LogP contribution in [0.1, 0.15) is 37.7 Å². The molecule has 2 aliphatic heterocycles. The molecule has 1 aromatic carbocycles. The van der Waals surface area contributed by atoms with Gasteiger partial charge in [0, 0.05) is 18.0 Å². The van der Waals surface area contributed by atoms with Gasteiger partial charge in [-0.1, -0.05) is 36.2 Å². The zero-order valence-electron chi connectivity index (χ0n) is 13.2. The summed E-state index contributed by atoms with van der Waals surface area (Å²) in [5.74, 6) is 0.128. The number of aliphatic hydroxyl groups excluding tert-OH is 1. The zero-order chi connectivity index (χ0) is 16.6. The average Bonchev–Trinajstić information content (AvgIpc) is 2.83. The maximum absolute atomic E-state index is 10.4. The van der Waals surface area contributed by atoms with Crippen molar-refractivity contribution in [3.63, 3.8) is 0 Å². The molecule has 1 aromatic rings. The first kappa shape index (κ1) is 17.1. The quantitative estimate of drug-likeness (QED) is 0.804. The highest BCUT2D eigenvalue weighted by Crippen LogP contribution is 2.47. The summed E-state index contributed by atoms with van der Waals surface area (Å²) in [6, 6.07) is 5.72. The third kappa shape index (κ3) is 3.24. The van der Waals surface area contributed by atoms with Crippen molar-refractivity contribution in [2.45, 2.75) is 50.4 Å². The molecular weight excluding hydrogens is 337 g/mol. The second-order valence-corrected chi connectivity index (χ2v) is 6.85. The Balaban J connectivity index is 2.06. The van der Waals surface area contributed by atoms with Crippen molar-refractivity contribution >= 4 is 23.2 Å². The summed E-state index contributed by atoms with van der Waals surface area (Å²) in [5, 5.41) is 11.5. The Morgan fingerprint density at radius 1 is 1.35 bits per heavy atom. The van der Waals surface area contributed by atoms with Gasteiger partial charge in [0.15, 0.2) is 0 Å². The molecule has 0 aromatic heterocycles. The van der Waals surface area contributed by atoms with Crippen LogP contribution < -0.4 is 5.48 Å². The van der Waals surface area contributed by atoms with Gasteiger partial charge in [0.2, 0.25) is 0 Å². The zero-order valence-corrected chi connectivity index (χ0v) is 14.7. The van der Waals surface area contributed by atoms with Gasteiger partial charge < -0.3 is 9.84 Å². The van der Waals surface area contributed by atoms with Gasteiger partial charge in [-0.15, -0.1) is 0 Å². The lowest BCUT2D eigenvalue weighted by molar-refractivity contribution is 0.000902. The summed E-state index contributed by atoms with van der Waals surface area (Å²) in [4.78, 5) is 5.12. The maximum Gasteiger partial charge on any atom is 0.107 e. The molecule has 2 unspecified atom stereocenters. The molecule has 0 amide bonds. The molecule has 0 aliphatic carbocycles. The lowest BCUT2D eigenvalue weighted by Gasteiger charge is -2.34. The van der Waals surface area contributed by atoms with E-state index in [1.807, 2.05) is 25.1 Å². The number of benzene rings is 1. The molecule has 126 valence electrons. The first-order chi connectivity index (χ1) is 11.0. The van der Waals surface area contributed by atoms with E-state index in [9.17, 15) is 5.11 Å². The molecule has 2 heterocycles. The second kappa shape index (κ2) is 6.99. The highest BCUT2D eigenvalue weighted by Gasteiger charge is 2.46. The predicted octanol–water partition coefficient (Wildman–Crippen LogP) is 3.81. The Bertz CT molecular complexity index is 620. The highest BCUT2D eigenvalue weighted by molar-refractivity contribution is 6.42. The molecule has 3 rings (SSSR count).